The molecule has 2 aliphatic heterocycles. The largest absolute Gasteiger partial charge is 0.487 e. The van der Waals surface area contributed by atoms with Gasteiger partial charge in [0, 0.05) is 31.0 Å². The van der Waals surface area contributed by atoms with E-state index >= 15 is 0 Å². The van der Waals surface area contributed by atoms with Gasteiger partial charge in [0.25, 0.3) is 0 Å². The lowest BCUT2D eigenvalue weighted by molar-refractivity contribution is -0.122. The molecule has 0 unspecified atom stereocenters. The van der Waals surface area contributed by atoms with Crippen LogP contribution in [0.2, 0.25) is 0 Å². The van der Waals surface area contributed by atoms with E-state index in [9.17, 15) is 13.2 Å². The highest BCUT2D eigenvalue weighted by Gasteiger charge is 2.34. The van der Waals surface area contributed by atoms with E-state index in [-0.39, 0.29) is 24.9 Å². The number of carbonyl (C=O) groups is 1. The summed E-state index contributed by atoms with van der Waals surface area (Å²) in [6.07, 6.45) is 2.39. The number of aryl methyl sites for hydroxylation is 1. The molecular weight excluding hydrogens is 456 g/mol. The lowest BCUT2D eigenvalue weighted by Crippen LogP contribution is -2.41. The van der Waals surface area contributed by atoms with Crippen LogP contribution in [0.3, 0.4) is 0 Å². The first-order valence-corrected chi connectivity index (χ1v) is 13.3. The van der Waals surface area contributed by atoms with Gasteiger partial charge < -0.3 is 19.5 Å². The Labute approximate surface area is 201 Å². The number of nitrogens with one attached hydrogen (secondary N) is 1. The quantitative estimate of drug-likeness (QED) is 0.638. The van der Waals surface area contributed by atoms with Crippen molar-refractivity contribution in [2.75, 3.05) is 30.3 Å². The molecule has 9 heteroatoms. The molecule has 34 heavy (non-hydrogen) atoms. The zero-order valence-electron chi connectivity index (χ0n) is 20.1. The maximum absolute atomic E-state index is 12.8. The monoisotopic (exact) mass is 488 g/mol. The number of fused-ring (bicyclic) bond motifs is 2. The molecule has 2 aromatic carbocycles. The Morgan fingerprint density at radius 2 is 1.79 bits per heavy atom. The van der Waals surface area contributed by atoms with E-state index in [2.05, 4.69) is 5.32 Å². The molecule has 0 radical (unpaired) electrons. The van der Waals surface area contributed by atoms with Gasteiger partial charge in [-0.2, -0.15) is 0 Å². The third-order valence-corrected chi connectivity index (χ3v) is 7.13. The van der Waals surface area contributed by atoms with Crippen LogP contribution in [0.15, 0.2) is 36.4 Å². The Bertz CT molecular complexity index is 1180. The van der Waals surface area contributed by atoms with Crippen LogP contribution in [0.5, 0.6) is 17.2 Å². The normalized spacial score (nSPS) is 18.4. The molecule has 1 atom stereocenters. The van der Waals surface area contributed by atoms with Gasteiger partial charge in [-0.3, -0.25) is 9.10 Å². The average molecular weight is 489 g/mol. The van der Waals surface area contributed by atoms with Crippen molar-refractivity contribution < 1.29 is 27.4 Å². The zero-order valence-corrected chi connectivity index (χ0v) is 20.9. The molecule has 184 valence electrons. The molecule has 0 saturated heterocycles. The molecule has 2 aromatic rings. The summed E-state index contributed by atoms with van der Waals surface area (Å²) in [5.74, 6) is 1.78. The molecule has 1 amide bonds. The van der Waals surface area contributed by atoms with Crippen molar-refractivity contribution in [3.63, 3.8) is 0 Å². The summed E-state index contributed by atoms with van der Waals surface area (Å²) in [7, 11) is -3.54. The number of sulfonamides is 1. The van der Waals surface area contributed by atoms with Crippen LogP contribution >= 0.6 is 0 Å². The van der Waals surface area contributed by atoms with E-state index in [1.165, 1.54) is 4.31 Å². The zero-order chi connectivity index (χ0) is 24.5. The highest BCUT2D eigenvalue weighted by atomic mass is 32.2. The molecule has 8 nitrogen and oxygen atoms in total. The van der Waals surface area contributed by atoms with Gasteiger partial charge in [-0.15, -0.1) is 0 Å². The molecule has 0 fully saturated rings. The topological polar surface area (TPSA) is 94.2 Å². The summed E-state index contributed by atoms with van der Waals surface area (Å²) in [6.45, 7) is 7.09. The number of hydrogen-bond donors (Lipinski definition) is 1. The first-order chi connectivity index (χ1) is 16.0. The minimum atomic E-state index is -3.54. The molecule has 0 aromatic heterocycles. The highest BCUT2D eigenvalue weighted by Crippen LogP contribution is 2.40. The third kappa shape index (κ3) is 5.58. The number of rotatable bonds is 7. The van der Waals surface area contributed by atoms with Gasteiger partial charge in [0.1, 0.15) is 24.6 Å². The maximum Gasteiger partial charge on any atom is 0.232 e. The van der Waals surface area contributed by atoms with E-state index in [1.54, 1.807) is 18.2 Å². The first-order valence-electron chi connectivity index (χ1n) is 11.5. The highest BCUT2D eigenvalue weighted by molar-refractivity contribution is 7.92. The smallest absolute Gasteiger partial charge is 0.232 e. The van der Waals surface area contributed by atoms with Gasteiger partial charge >= 0.3 is 0 Å². The van der Waals surface area contributed by atoms with Crippen molar-refractivity contribution in [1.29, 1.82) is 0 Å². The van der Waals surface area contributed by atoms with Crippen molar-refractivity contribution in [2.45, 2.75) is 51.7 Å². The number of nitrogens with zero attached hydrogens (tertiary/aromatic N) is 1. The fraction of sp³-hybridized carbons (Fsp3) is 0.480. The number of anilines is 1. The summed E-state index contributed by atoms with van der Waals surface area (Å²) in [5.41, 5.74) is 2.17. The van der Waals surface area contributed by atoms with Crippen LogP contribution in [0.1, 0.15) is 50.3 Å². The Hall–Kier alpha value is -2.94. The number of carbonyl (C=O) groups excluding carboxylic acids is 1. The lowest BCUT2D eigenvalue weighted by Gasteiger charge is -2.38. The summed E-state index contributed by atoms with van der Waals surface area (Å²) in [5, 5.41) is 3.13. The van der Waals surface area contributed by atoms with Crippen molar-refractivity contribution in [3.8, 4) is 17.2 Å². The van der Waals surface area contributed by atoms with E-state index in [1.807, 2.05) is 39.0 Å². The molecular formula is C25H32N2O6S. The number of amides is 1. The second kappa shape index (κ2) is 9.37. The van der Waals surface area contributed by atoms with Crippen molar-refractivity contribution >= 4 is 21.6 Å². The predicted molar refractivity (Wildman–Crippen MR) is 130 cm³/mol. The molecule has 2 heterocycles. The molecule has 4 rings (SSSR count). The summed E-state index contributed by atoms with van der Waals surface area (Å²) in [4.78, 5) is 12.8. The third-order valence-electron chi connectivity index (χ3n) is 5.94. The van der Waals surface area contributed by atoms with Crippen LogP contribution in [0.25, 0.3) is 0 Å². The fourth-order valence-corrected chi connectivity index (χ4v) is 5.38. The molecule has 0 bridgehead atoms. The fourth-order valence-electron chi connectivity index (χ4n) is 4.43. The first kappa shape index (κ1) is 24.2. The van der Waals surface area contributed by atoms with Crippen LogP contribution in [-0.4, -0.2) is 45.9 Å². The van der Waals surface area contributed by atoms with Crippen LogP contribution < -0.4 is 23.8 Å². The second-order valence-corrected chi connectivity index (χ2v) is 11.4. The Morgan fingerprint density at radius 3 is 2.53 bits per heavy atom. The Balaban J connectivity index is 1.41. The average Bonchev–Trinajstić information content (AvgIpc) is 2.75. The molecule has 0 aliphatic carbocycles. The van der Waals surface area contributed by atoms with Crippen molar-refractivity contribution in [3.05, 3.63) is 47.5 Å². The predicted octanol–water partition coefficient (Wildman–Crippen LogP) is 3.73. The van der Waals surface area contributed by atoms with E-state index < -0.39 is 15.6 Å². The molecule has 0 spiro atoms. The van der Waals surface area contributed by atoms with Gasteiger partial charge in [-0.05, 0) is 45.4 Å². The van der Waals surface area contributed by atoms with Crippen molar-refractivity contribution in [1.82, 2.24) is 5.32 Å². The van der Waals surface area contributed by atoms with Gasteiger partial charge in [-0.25, -0.2) is 8.42 Å². The number of hydrogen-bond acceptors (Lipinski definition) is 6. The van der Waals surface area contributed by atoms with E-state index in [0.717, 1.165) is 23.1 Å². The lowest BCUT2D eigenvalue weighted by atomic mass is 9.89. The van der Waals surface area contributed by atoms with Gasteiger partial charge in [0.15, 0.2) is 11.5 Å². The molecule has 1 N–H and O–H groups in total. The minimum Gasteiger partial charge on any atom is -0.487 e. The molecule has 0 saturated carbocycles. The number of ether oxygens (including phenoxy) is 3. The van der Waals surface area contributed by atoms with Crippen molar-refractivity contribution in [2.24, 2.45) is 0 Å². The summed E-state index contributed by atoms with van der Waals surface area (Å²) >= 11 is 0. The Kier molecular flexibility index (Phi) is 6.66. The van der Waals surface area contributed by atoms with Gasteiger partial charge in [0.2, 0.25) is 15.9 Å². The molecule has 2 aliphatic rings. The van der Waals surface area contributed by atoms with Crippen LogP contribution in [0.4, 0.5) is 5.69 Å². The SMILES string of the molecule is Cc1ccc2c(c1)[C@@H](NC(=O)CCCN(c1ccc3c(c1)OCCO3)S(C)(=O)=O)CC(C)(C)O2. The van der Waals surface area contributed by atoms with E-state index in [0.29, 0.717) is 43.2 Å². The Morgan fingerprint density at radius 1 is 1.09 bits per heavy atom. The van der Waals surface area contributed by atoms with E-state index in [4.69, 9.17) is 14.2 Å². The maximum atomic E-state index is 12.8. The van der Waals surface area contributed by atoms with Gasteiger partial charge in [-0.1, -0.05) is 17.7 Å². The minimum absolute atomic E-state index is 0.120. The summed E-state index contributed by atoms with van der Waals surface area (Å²) < 4.78 is 43.4. The second-order valence-electron chi connectivity index (χ2n) is 9.49. The number of benzene rings is 2. The van der Waals surface area contributed by atoms with Crippen LogP contribution in [-0.2, 0) is 14.8 Å². The van der Waals surface area contributed by atoms with Crippen LogP contribution in [0, 0.1) is 6.92 Å². The van der Waals surface area contributed by atoms with Gasteiger partial charge in [0.05, 0.1) is 18.0 Å². The summed E-state index contributed by atoms with van der Waals surface area (Å²) in [6, 6.07) is 10.9. The standard InChI is InChI=1S/C25H32N2O6S/c1-17-7-9-21-19(14-17)20(16-25(2,3)33-21)26-24(28)6-5-11-27(34(4,29)30)18-8-10-22-23(15-18)32-13-12-31-22/h7-10,14-15,20H,5-6,11-13,16H2,1-4H3,(H,26,28)/t20-/m0/s1.